The largest absolute Gasteiger partial charge is 0.480 e. The summed E-state index contributed by atoms with van der Waals surface area (Å²) in [6, 6.07) is -1.28. The zero-order valence-corrected chi connectivity index (χ0v) is 15.1. The molecule has 1 heterocycles. The summed E-state index contributed by atoms with van der Waals surface area (Å²) in [7, 11) is -4.09. The predicted molar refractivity (Wildman–Crippen MR) is 86.7 cm³/mol. The monoisotopic (exact) mass is 360 g/mol. The molecule has 1 rings (SSSR count). The van der Waals surface area contributed by atoms with Gasteiger partial charge in [0.25, 0.3) is 10.0 Å². The first-order valence-corrected chi connectivity index (χ1v) is 9.00. The summed E-state index contributed by atoms with van der Waals surface area (Å²) in [4.78, 5) is 26.1. The normalized spacial score (nSPS) is 13.2. The molecule has 0 aliphatic heterocycles. The molecule has 1 aromatic heterocycles. The smallest absolute Gasteiger partial charge is 0.321 e. The molecule has 0 bridgehead atoms. The summed E-state index contributed by atoms with van der Waals surface area (Å²) in [5.41, 5.74) is 0. The van der Waals surface area contributed by atoms with Gasteiger partial charge >= 0.3 is 5.97 Å². The molecule has 1 aromatic rings. The van der Waals surface area contributed by atoms with Crippen LogP contribution in [-0.2, 0) is 26.2 Å². The lowest BCUT2D eigenvalue weighted by Gasteiger charge is -2.24. The number of amides is 1. The van der Waals surface area contributed by atoms with Crippen LogP contribution in [0, 0.1) is 5.92 Å². The van der Waals surface area contributed by atoms with Gasteiger partial charge in [0.05, 0.1) is 6.33 Å². The van der Waals surface area contributed by atoms with Crippen LogP contribution >= 0.6 is 0 Å². The van der Waals surface area contributed by atoms with Crippen molar-refractivity contribution in [2.24, 2.45) is 5.92 Å². The van der Waals surface area contributed by atoms with E-state index in [9.17, 15) is 23.1 Å². The molecule has 24 heavy (non-hydrogen) atoms. The highest BCUT2D eigenvalue weighted by atomic mass is 32.2. The fourth-order valence-corrected chi connectivity index (χ4v) is 3.63. The highest BCUT2D eigenvalue weighted by Gasteiger charge is 2.34. The maximum atomic E-state index is 12.7. The van der Waals surface area contributed by atoms with E-state index in [0.717, 1.165) is 4.31 Å². The van der Waals surface area contributed by atoms with Gasteiger partial charge < -0.3 is 15.0 Å². The van der Waals surface area contributed by atoms with E-state index >= 15 is 0 Å². The molecule has 9 nitrogen and oxygen atoms in total. The molecule has 0 spiro atoms. The first-order valence-electron chi connectivity index (χ1n) is 7.56. The van der Waals surface area contributed by atoms with Crippen molar-refractivity contribution in [2.45, 2.75) is 45.3 Å². The number of carboxylic acid groups (broad SMARTS) is 1. The van der Waals surface area contributed by atoms with Crippen LogP contribution in [0.2, 0.25) is 0 Å². The van der Waals surface area contributed by atoms with Crippen LogP contribution in [-0.4, -0.2) is 58.4 Å². The number of nitrogens with one attached hydrogen (secondary N) is 1. The number of hydrogen-bond donors (Lipinski definition) is 2. The lowest BCUT2D eigenvalue weighted by Crippen LogP contribution is -2.46. The second-order valence-electron chi connectivity index (χ2n) is 5.92. The van der Waals surface area contributed by atoms with E-state index < -0.39 is 22.0 Å². The van der Waals surface area contributed by atoms with E-state index in [-0.39, 0.29) is 24.0 Å². The lowest BCUT2D eigenvalue weighted by molar-refractivity contribution is -0.140. The molecule has 10 heteroatoms. The molecule has 1 amide bonds. The van der Waals surface area contributed by atoms with Crippen molar-refractivity contribution in [1.29, 1.82) is 0 Å². The van der Waals surface area contributed by atoms with E-state index in [4.69, 9.17) is 0 Å². The fourth-order valence-electron chi connectivity index (χ4n) is 2.10. The molecule has 1 unspecified atom stereocenters. The molecule has 136 valence electrons. The highest BCUT2D eigenvalue weighted by molar-refractivity contribution is 7.89. The van der Waals surface area contributed by atoms with Crippen molar-refractivity contribution in [2.75, 3.05) is 13.1 Å². The number of carboxylic acids is 1. The maximum absolute atomic E-state index is 12.7. The molecule has 0 aromatic carbocycles. The Morgan fingerprint density at radius 3 is 2.50 bits per heavy atom. The molecule has 1 atom stereocenters. The minimum Gasteiger partial charge on any atom is -0.480 e. The number of nitrogens with zero attached hydrogens (tertiary/aromatic N) is 3. The van der Waals surface area contributed by atoms with Gasteiger partial charge in [0.15, 0.2) is 5.03 Å². The summed E-state index contributed by atoms with van der Waals surface area (Å²) in [5, 5.41) is 11.4. The summed E-state index contributed by atoms with van der Waals surface area (Å²) >= 11 is 0. The molecular formula is C14H24N4O5S. The van der Waals surface area contributed by atoms with E-state index in [1.807, 2.05) is 13.8 Å². The van der Waals surface area contributed by atoms with Gasteiger partial charge in [0.1, 0.15) is 6.04 Å². The predicted octanol–water partition coefficient (Wildman–Crippen LogP) is 0.139. The number of hydrogen-bond acceptors (Lipinski definition) is 5. The van der Waals surface area contributed by atoms with Crippen LogP contribution in [0.1, 0.15) is 27.7 Å². The van der Waals surface area contributed by atoms with Crippen LogP contribution in [0.25, 0.3) is 0 Å². The third-order valence-corrected chi connectivity index (χ3v) is 5.11. The average Bonchev–Trinajstić information content (AvgIpc) is 2.90. The third-order valence-electron chi connectivity index (χ3n) is 3.25. The van der Waals surface area contributed by atoms with Crippen LogP contribution in [0.5, 0.6) is 0 Å². The Kier molecular flexibility index (Phi) is 6.91. The maximum Gasteiger partial charge on any atom is 0.321 e. The van der Waals surface area contributed by atoms with Crippen LogP contribution in [0.15, 0.2) is 17.6 Å². The Morgan fingerprint density at radius 2 is 2.00 bits per heavy atom. The van der Waals surface area contributed by atoms with Crippen molar-refractivity contribution in [3.8, 4) is 0 Å². The van der Waals surface area contributed by atoms with Crippen molar-refractivity contribution in [1.82, 2.24) is 19.2 Å². The Labute approximate surface area is 141 Å². The zero-order valence-electron chi connectivity index (χ0n) is 14.3. The number of aromatic nitrogens is 2. The second-order valence-corrected chi connectivity index (χ2v) is 7.75. The average molecular weight is 360 g/mol. The summed E-state index contributed by atoms with van der Waals surface area (Å²) in [5.74, 6) is -1.29. The Bertz CT molecular complexity index is 683. The Balaban J connectivity index is 3.06. The Morgan fingerprint density at radius 1 is 1.38 bits per heavy atom. The quantitative estimate of drug-likeness (QED) is 0.646. The third kappa shape index (κ3) is 5.31. The fraction of sp³-hybridized carbons (Fsp3) is 0.643. The van der Waals surface area contributed by atoms with Gasteiger partial charge in [0.2, 0.25) is 5.91 Å². The number of rotatable bonds is 9. The number of carbonyl (C=O) groups excluding carboxylic acids is 1. The number of imidazole rings is 1. The molecular weight excluding hydrogens is 336 g/mol. The molecule has 0 aliphatic carbocycles. The number of carbonyl (C=O) groups is 2. The number of aliphatic carboxylic acids is 1. The minimum atomic E-state index is -4.09. The summed E-state index contributed by atoms with van der Waals surface area (Å²) < 4.78 is 27.9. The molecule has 0 fully saturated rings. The van der Waals surface area contributed by atoms with Crippen LogP contribution in [0.4, 0.5) is 0 Å². The van der Waals surface area contributed by atoms with E-state index in [2.05, 4.69) is 10.3 Å². The Hall–Kier alpha value is -1.94. The lowest BCUT2D eigenvalue weighted by atomic mass is 10.2. The standard InChI is InChI=1S/C14H24N4O5S/c1-10(2)7-17-8-13(16-9-17)24(22,23)18(11(3)14(20)21)6-5-15-12(4)19/h8-11H,5-7H2,1-4H3,(H,15,19)(H,20,21). The molecule has 0 radical (unpaired) electrons. The summed E-state index contributed by atoms with van der Waals surface area (Å²) in [6.07, 6.45) is 2.79. The zero-order chi connectivity index (χ0) is 18.5. The van der Waals surface area contributed by atoms with Crippen LogP contribution < -0.4 is 5.32 Å². The van der Waals surface area contributed by atoms with Crippen LogP contribution in [0.3, 0.4) is 0 Å². The number of sulfonamides is 1. The summed E-state index contributed by atoms with van der Waals surface area (Å²) in [6.45, 7) is 7.00. The molecule has 0 saturated heterocycles. The molecule has 0 aliphatic rings. The van der Waals surface area contributed by atoms with Crippen molar-refractivity contribution < 1.29 is 23.1 Å². The van der Waals surface area contributed by atoms with Gasteiger partial charge in [-0.15, -0.1) is 0 Å². The van der Waals surface area contributed by atoms with E-state index in [1.165, 1.54) is 26.4 Å². The topological polar surface area (TPSA) is 122 Å². The first kappa shape index (κ1) is 20.1. The minimum absolute atomic E-state index is 0.0128. The van der Waals surface area contributed by atoms with Gasteiger partial charge in [-0.1, -0.05) is 13.8 Å². The first-order chi connectivity index (χ1) is 11.1. The highest BCUT2D eigenvalue weighted by Crippen LogP contribution is 2.17. The molecule has 0 saturated carbocycles. The van der Waals surface area contributed by atoms with Gasteiger partial charge in [-0.3, -0.25) is 9.59 Å². The van der Waals surface area contributed by atoms with Crippen molar-refractivity contribution in [3.05, 3.63) is 12.5 Å². The van der Waals surface area contributed by atoms with Gasteiger partial charge in [-0.25, -0.2) is 13.4 Å². The SMILES string of the molecule is CC(=O)NCCN(C(C)C(=O)O)S(=O)(=O)c1cn(CC(C)C)cn1. The van der Waals surface area contributed by atoms with Gasteiger partial charge in [-0.2, -0.15) is 4.31 Å². The van der Waals surface area contributed by atoms with Crippen molar-refractivity contribution >= 4 is 21.9 Å². The van der Waals surface area contributed by atoms with E-state index in [1.54, 1.807) is 4.57 Å². The van der Waals surface area contributed by atoms with Crippen molar-refractivity contribution in [3.63, 3.8) is 0 Å². The van der Waals surface area contributed by atoms with Gasteiger partial charge in [0, 0.05) is 32.8 Å². The van der Waals surface area contributed by atoms with E-state index in [0.29, 0.717) is 12.5 Å². The second kappa shape index (κ2) is 8.25. The van der Waals surface area contributed by atoms with Gasteiger partial charge in [-0.05, 0) is 12.8 Å². The molecule has 2 N–H and O–H groups in total.